The molecule has 0 saturated carbocycles. The fourth-order valence-corrected chi connectivity index (χ4v) is 2.86. The van der Waals surface area contributed by atoms with Crippen LogP contribution in [0.15, 0.2) is 18.2 Å². The zero-order valence-corrected chi connectivity index (χ0v) is 15.2. The van der Waals surface area contributed by atoms with E-state index in [1.54, 1.807) is 26.8 Å². The van der Waals surface area contributed by atoms with E-state index in [-0.39, 0.29) is 5.78 Å². The fraction of sp³-hybridized carbons (Fsp3) is 0.333. The Balaban J connectivity index is 2.29. The number of methoxy groups -OCH3 is 1. The number of carbonyl (C=O) groups is 2. The topological polar surface area (TPSA) is 71.2 Å². The summed E-state index contributed by atoms with van der Waals surface area (Å²) in [6.45, 7) is 7.15. The van der Waals surface area contributed by atoms with Gasteiger partial charge in [-0.3, -0.25) is 4.79 Å². The van der Waals surface area contributed by atoms with Gasteiger partial charge in [0.05, 0.1) is 24.4 Å². The molecular weight excluding hydrogens is 328 g/mol. The van der Waals surface area contributed by atoms with Gasteiger partial charge in [0.2, 0.25) is 5.78 Å². The van der Waals surface area contributed by atoms with Crippen molar-refractivity contribution in [2.75, 3.05) is 12.4 Å². The number of hydrogen-bond donors (Lipinski definition) is 2. The third kappa shape index (κ3) is 3.31. The first kappa shape index (κ1) is 18.1. The summed E-state index contributed by atoms with van der Waals surface area (Å²) < 4.78 is 4.78. The molecule has 0 aliphatic rings. The summed E-state index contributed by atoms with van der Waals surface area (Å²) in [5.41, 5.74) is 3.72. The van der Waals surface area contributed by atoms with Gasteiger partial charge in [-0.15, -0.1) is 0 Å². The van der Waals surface area contributed by atoms with Gasteiger partial charge in [0.15, 0.2) is 0 Å². The zero-order chi connectivity index (χ0) is 18.0. The van der Waals surface area contributed by atoms with Crippen molar-refractivity contribution in [3.63, 3.8) is 0 Å². The van der Waals surface area contributed by atoms with Crippen molar-refractivity contribution in [1.82, 2.24) is 4.98 Å². The Morgan fingerprint density at radius 3 is 2.50 bits per heavy atom. The number of Topliss-reactive ketones (excluding diaryl/α,β-unsaturated/α-hetero) is 1. The SMILES string of the molecule is COC(=O)c1c(C)[nH]c(C(=O)[C@@H](C)Nc2cccc(Cl)c2C)c1C. The maximum atomic E-state index is 12.8. The lowest BCUT2D eigenvalue weighted by Gasteiger charge is -2.16. The summed E-state index contributed by atoms with van der Waals surface area (Å²) in [4.78, 5) is 27.6. The van der Waals surface area contributed by atoms with Gasteiger partial charge < -0.3 is 15.0 Å². The molecule has 0 aliphatic carbocycles. The zero-order valence-electron chi connectivity index (χ0n) is 14.4. The van der Waals surface area contributed by atoms with E-state index in [4.69, 9.17) is 16.3 Å². The van der Waals surface area contributed by atoms with Crippen LogP contribution in [0.3, 0.4) is 0 Å². The van der Waals surface area contributed by atoms with Gasteiger partial charge in [0.25, 0.3) is 0 Å². The number of anilines is 1. The Bertz CT molecular complexity index is 796. The summed E-state index contributed by atoms with van der Waals surface area (Å²) in [5, 5.41) is 3.82. The number of carbonyl (C=O) groups excluding carboxylic acids is 2. The molecule has 0 amide bonds. The minimum Gasteiger partial charge on any atom is -0.465 e. The molecule has 0 spiro atoms. The van der Waals surface area contributed by atoms with E-state index in [9.17, 15) is 9.59 Å². The number of ether oxygens (including phenoxy) is 1. The van der Waals surface area contributed by atoms with E-state index in [0.29, 0.717) is 27.5 Å². The molecule has 0 radical (unpaired) electrons. The number of aromatic amines is 1. The number of aromatic nitrogens is 1. The van der Waals surface area contributed by atoms with Crippen LogP contribution in [-0.4, -0.2) is 29.9 Å². The first-order chi connectivity index (χ1) is 11.3. The molecule has 0 saturated heterocycles. The molecule has 1 atom stereocenters. The number of ketones is 1. The van der Waals surface area contributed by atoms with E-state index in [1.807, 2.05) is 19.1 Å². The summed E-state index contributed by atoms with van der Waals surface area (Å²) >= 11 is 6.11. The summed E-state index contributed by atoms with van der Waals surface area (Å²) in [7, 11) is 1.32. The number of nitrogens with one attached hydrogen (secondary N) is 2. The Hall–Kier alpha value is -2.27. The van der Waals surface area contributed by atoms with Gasteiger partial charge in [-0.1, -0.05) is 17.7 Å². The molecular formula is C18H21ClN2O3. The number of benzene rings is 1. The third-order valence-electron chi connectivity index (χ3n) is 4.11. The average molecular weight is 349 g/mol. The Morgan fingerprint density at radius 1 is 1.21 bits per heavy atom. The van der Waals surface area contributed by atoms with Crippen LogP contribution in [0.4, 0.5) is 5.69 Å². The molecule has 0 unspecified atom stereocenters. The summed E-state index contributed by atoms with van der Waals surface area (Å²) in [6, 6.07) is 5.02. The average Bonchev–Trinajstić information content (AvgIpc) is 2.85. The lowest BCUT2D eigenvalue weighted by Crippen LogP contribution is -2.27. The van der Waals surface area contributed by atoms with Crippen LogP contribution in [0, 0.1) is 20.8 Å². The van der Waals surface area contributed by atoms with Crippen molar-refractivity contribution >= 4 is 29.0 Å². The quantitative estimate of drug-likeness (QED) is 0.631. The molecule has 6 heteroatoms. The van der Waals surface area contributed by atoms with Crippen LogP contribution < -0.4 is 5.32 Å². The van der Waals surface area contributed by atoms with Gasteiger partial charge in [-0.2, -0.15) is 0 Å². The van der Waals surface area contributed by atoms with Crippen LogP contribution in [0.5, 0.6) is 0 Å². The van der Waals surface area contributed by atoms with Crippen molar-refractivity contribution < 1.29 is 14.3 Å². The fourth-order valence-electron chi connectivity index (χ4n) is 2.68. The Labute approximate surface area is 146 Å². The highest BCUT2D eigenvalue weighted by atomic mass is 35.5. The van der Waals surface area contributed by atoms with Crippen LogP contribution in [-0.2, 0) is 4.74 Å². The van der Waals surface area contributed by atoms with Crippen molar-refractivity contribution in [3.05, 3.63) is 51.3 Å². The number of aryl methyl sites for hydroxylation is 1. The van der Waals surface area contributed by atoms with Gasteiger partial charge in [-0.25, -0.2) is 4.79 Å². The number of esters is 1. The highest BCUT2D eigenvalue weighted by Crippen LogP contribution is 2.25. The summed E-state index contributed by atoms with van der Waals surface area (Å²) in [6.07, 6.45) is 0. The molecule has 0 fully saturated rings. The first-order valence-electron chi connectivity index (χ1n) is 7.61. The van der Waals surface area contributed by atoms with E-state index < -0.39 is 12.0 Å². The number of hydrogen-bond acceptors (Lipinski definition) is 4. The monoisotopic (exact) mass is 348 g/mol. The van der Waals surface area contributed by atoms with Crippen molar-refractivity contribution in [2.45, 2.75) is 33.7 Å². The molecule has 0 bridgehead atoms. The van der Waals surface area contributed by atoms with Gasteiger partial charge in [-0.05, 0) is 51.0 Å². The van der Waals surface area contributed by atoms with Crippen molar-refractivity contribution in [2.24, 2.45) is 0 Å². The van der Waals surface area contributed by atoms with Gasteiger partial charge in [0.1, 0.15) is 0 Å². The number of halogens is 1. The molecule has 2 N–H and O–H groups in total. The molecule has 24 heavy (non-hydrogen) atoms. The first-order valence-corrected chi connectivity index (χ1v) is 7.99. The van der Waals surface area contributed by atoms with E-state index in [0.717, 1.165) is 11.3 Å². The predicted octanol–water partition coefficient (Wildman–Crippen LogP) is 4.06. The number of H-pyrrole nitrogens is 1. The molecule has 2 aromatic rings. The molecule has 1 aromatic heterocycles. The van der Waals surface area contributed by atoms with E-state index in [1.165, 1.54) is 7.11 Å². The van der Waals surface area contributed by atoms with Crippen LogP contribution >= 0.6 is 11.6 Å². The minimum absolute atomic E-state index is 0.134. The Morgan fingerprint density at radius 2 is 1.88 bits per heavy atom. The van der Waals surface area contributed by atoms with Crippen LogP contribution in [0.1, 0.15) is 44.6 Å². The molecule has 2 rings (SSSR count). The minimum atomic E-state index is -0.482. The lowest BCUT2D eigenvalue weighted by atomic mass is 10.0. The molecule has 0 aliphatic heterocycles. The third-order valence-corrected chi connectivity index (χ3v) is 4.52. The van der Waals surface area contributed by atoms with E-state index >= 15 is 0 Å². The predicted molar refractivity (Wildman–Crippen MR) is 95.2 cm³/mol. The highest BCUT2D eigenvalue weighted by Gasteiger charge is 2.25. The van der Waals surface area contributed by atoms with E-state index in [2.05, 4.69) is 10.3 Å². The maximum absolute atomic E-state index is 12.8. The molecule has 128 valence electrons. The van der Waals surface area contributed by atoms with Gasteiger partial charge >= 0.3 is 5.97 Å². The standard InChI is InChI=1S/C18H21ClN2O3/c1-9-13(19)7-6-8-14(9)20-12(4)17(22)16-10(2)15(11(3)21-16)18(23)24-5/h6-8,12,20-21H,1-5H3/t12-/m1/s1. The molecule has 1 heterocycles. The summed E-state index contributed by atoms with van der Waals surface area (Å²) in [5.74, 6) is -0.586. The largest absolute Gasteiger partial charge is 0.465 e. The second-order valence-corrected chi connectivity index (χ2v) is 6.17. The van der Waals surface area contributed by atoms with Crippen LogP contribution in [0.2, 0.25) is 5.02 Å². The second kappa shape index (κ2) is 7.09. The van der Waals surface area contributed by atoms with Gasteiger partial charge in [0, 0.05) is 16.4 Å². The normalized spacial score (nSPS) is 11.9. The highest BCUT2D eigenvalue weighted by molar-refractivity contribution is 6.31. The van der Waals surface area contributed by atoms with Crippen LogP contribution in [0.25, 0.3) is 0 Å². The van der Waals surface area contributed by atoms with Crippen molar-refractivity contribution in [1.29, 1.82) is 0 Å². The second-order valence-electron chi connectivity index (χ2n) is 5.76. The number of rotatable bonds is 5. The lowest BCUT2D eigenvalue weighted by molar-refractivity contribution is 0.0599. The van der Waals surface area contributed by atoms with Crippen molar-refractivity contribution in [3.8, 4) is 0 Å². The maximum Gasteiger partial charge on any atom is 0.339 e. The molecule has 5 nitrogen and oxygen atoms in total. The Kier molecular flexibility index (Phi) is 5.34. The smallest absolute Gasteiger partial charge is 0.339 e. The molecule has 1 aromatic carbocycles.